The molecule has 4 nitrogen and oxygen atoms in total. The second kappa shape index (κ2) is 6.16. The van der Waals surface area contributed by atoms with Crippen molar-refractivity contribution < 1.29 is 4.74 Å². The molecule has 0 aliphatic heterocycles. The Morgan fingerprint density at radius 2 is 2.32 bits per heavy atom. The van der Waals surface area contributed by atoms with Gasteiger partial charge in [0.25, 0.3) is 0 Å². The van der Waals surface area contributed by atoms with Crippen LogP contribution in [0.15, 0.2) is 28.2 Å². The van der Waals surface area contributed by atoms with Crippen LogP contribution >= 0.6 is 27.3 Å². The Hall–Kier alpha value is -1.40. The van der Waals surface area contributed by atoms with Crippen molar-refractivity contribution in [2.24, 2.45) is 5.73 Å². The van der Waals surface area contributed by atoms with Gasteiger partial charge >= 0.3 is 0 Å². The maximum atomic E-state index is 7.55. The lowest BCUT2D eigenvalue weighted by Gasteiger charge is -2.10. The lowest BCUT2D eigenvalue weighted by molar-refractivity contribution is 0.322. The molecule has 1 aromatic carbocycles. The van der Waals surface area contributed by atoms with E-state index in [-0.39, 0.29) is 5.84 Å². The van der Waals surface area contributed by atoms with Gasteiger partial charge in [-0.05, 0) is 25.1 Å². The molecule has 2 rings (SSSR count). The molecule has 100 valence electrons. The van der Waals surface area contributed by atoms with Gasteiger partial charge in [-0.2, -0.15) is 0 Å². The third kappa shape index (κ3) is 3.54. The highest BCUT2D eigenvalue weighted by molar-refractivity contribution is 9.10. The van der Waals surface area contributed by atoms with Crippen molar-refractivity contribution in [1.82, 2.24) is 4.98 Å². The lowest BCUT2D eigenvalue weighted by Crippen LogP contribution is -2.14. The Labute approximate surface area is 124 Å². The van der Waals surface area contributed by atoms with Gasteiger partial charge in [0.15, 0.2) is 0 Å². The molecule has 0 amide bonds. The number of rotatable bonds is 5. The van der Waals surface area contributed by atoms with Gasteiger partial charge in [-0.15, -0.1) is 11.3 Å². The minimum absolute atomic E-state index is 0.00488. The molecule has 0 spiro atoms. The minimum atomic E-state index is 0.00488. The Morgan fingerprint density at radius 3 is 2.95 bits per heavy atom. The fourth-order valence-electron chi connectivity index (χ4n) is 1.66. The quantitative estimate of drug-likeness (QED) is 0.649. The zero-order chi connectivity index (χ0) is 13.8. The summed E-state index contributed by atoms with van der Waals surface area (Å²) in [6.07, 6.45) is 0.809. The molecule has 0 aliphatic carbocycles. The summed E-state index contributed by atoms with van der Waals surface area (Å²) in [5, 5.41) is 7.55. The van der Waals surface area contributed by atoms with Gasteiger partial charge in [0.2, 0.25) is 0 Å². The maximum absolute atomic E-state index is 7.55. The van der Waals surface area contributed by atoms with Crippen LogP contribution in [0.25, 0.3) is 0 Å². The summed E-state index contributed by atoms with van der Waals surface area (Å²) in [6, 6.07) is 5.48. The molecule has 0 saturated carbocycles. The number of aryl methyl sites for hydroxylation is 1. The highest BCUT2D eigenvalue weighted by Crippen LogP contribution is 2.23. The molecule has 0 radical (unpaired) electrons. The van der Waals surface area contributed by atoms with E-state index < -0.39 is 0 Å². The van der Waals surface area contributed by atoms with Crippen LogP contribution in [-0.2, 0) is 6.42 Å². The van der Waals surface area contributed by atoms with Crippen molar-refractivity contribution in [1.29, 1.82) is 5.41 Å². The fourth-order valence-corrected chi connectivity index (χ4v) is 2.78. The summed E-state index contributed by atoms with van der Waals surface area (Å²) in [4.78, 5) is 5.43. The first-order valence-electron chi connectivity index (χ1n) is 5.73. The van der Waals surface area contributed by atoms with Crippen LogP contribution in [0.4, 0.5) is 0 Å². The van der Waals surface area contributed by atoms with Gasteiger partial charge in [-0.1, -0.05) is 15.9 Å². The van der Waals surface area contributed by atoms with E-state index in [4.69, 9.17) is 15.9 Å². The lowest BCUT2D eigenvalue weighted by atomic mass is 10.2. The molecular weight excluding hydrogens is 326 g/mol. The summed E-state index contributed by atoms with van der Waals surface area (Å²) in [5.74, 6) is 0.642. The summed E-state index contributed by atoms with van der Waals surface area (Å²) < 4.78 is 6.60. The van der Waals surface area contributed by atoms with Crippen molar-refractivity contribution in [3.05, 3.63) is 44.3 Å². The molecular formula is C13H14BrN3OS. The Kier molecular flexibility index (Phi) is 4.55. The van der Waals surface area contributed by atoms with E-state index in [1.54, 1.807) is 17.4 Å². The number of aromatic nitrogens is 1. The maximum Gasteiger partial charge on any atom is 0.130 e. The molecule has 6 heteroatoms. The first kappa shape index (κ1) is 14.0. The zero-order valence-electron chi connectivity index (χ0n) is 10.4. The fraction of sp³-hybridized carbons (Fsp3) is 0.231. The molecule has 0 bridgehead atoms. The monoisotopic (exact) mass is 339 g/mol. The van der Waals surface area contributed by atoms with Gasteiger partial charge in [-0.25, -0.2) is 4.98 Å². The first-order valence-corrected chi connectivity index (χ1v) is 7.41. The first-order chi connectivity index (χ1) is 9.08. The Morgan fingerprint density at radius 1 is 1.53 bits per heavy atom. The van der Waals surface area contributed by atoms with E-state index in [0.717, 1.165) is 16.6 Å². The predicted molar refractivity (Wildman–Crippen MR) is 81.2 cm³/mol. The molecule has 2 aromatic rings. The summed E-state index contributed by atoms with van der Waals surface area (Å²) in [7, 11) is 0. The smallest absolute Gasteiger partial charge is 0.130 e. The predicted octanol–water partition coefficient (Wildman–Crippen LogP) is 3.12. The third-order valence-corrected chi connectivity index (χ3v) is 4.15. The largest absolute Gasteiger partial charge is 0.492 e. The van der Waals surface area contributed by atoms with E-state index in [9.17, 15) is 0 Å². The molecule has 0 aliphatic rings. The number of thiazole rings is 1. The number of hydrogen-bond donors (Lipinski definition) is 2. The van der Waals surface area contributed by atoms with E-state index in [1.165, 1.54) is 4.88 Å². The van der Waals surface area contributed by atoms with Crippen LogP contribution in [-0.4, -0.2) is 17.4 Å². The SMILES string of the molecule is Cc1ncsc1CCOc1ccc(Br)cc1C(=N)N. The van der Waals surface area contributed by atoms with Crippen LogP contribution in [0.3, 0.4) is 0 Å². The molecule has 0 unspecified atom stereocenters. The molecule has 0 fully saturated rings. The number of ether oxygens (including phenoxy) is 1. The number of nitrogen functional groups attached to an aromatic ring is 1. The third-order valence-electron chi connectivity index (χ3n) is 2.66. The van der Waals surface area contributed by atoms with Gasteiger partial charge in [0.05, 0.1) is 23.4 Å². The number of amidine groups is 1. The minimum Gasteiger partial charge on any atom is -0.492 e. The number of hydrogen-bond acceptors (Lipinski definition) is 4. The number of nitrogens with one attached hydrogen (secondary N) is 1. The molecule has 3 N–H and O–H groups in total. The van der Waals surface area contributed by atoms with Crippen LogP contribution in [0.5, 0.6) is 5.75 Å². The second-order valence-electron chi connectivity index (χ2n) is 4.01. The topological polar surface area (TPSA) is 72.0 Å². The highest BCUT2D eigenvalue weighted by Gasteiger charge is 2.08. The molecule has 1 aromatic heterocycles. The average molecular weight is 340 g/mol. The summed E-state index contributed by atoms with van der Waals surface area (Å²) >= 11 is 4.99. The van der Waals surface area contributed by atoms with Crippen LogP contribution in [0.2, 0.25) is 0 Å². The second-order valence-corrected chi connectivity index (χ2v) is 5.87. The van der Waals surface area contributed by atoms with Crippen LogP contribution in [0.1, 0.15) is 16.1 Å². The molecule has 0 saturated heterocycles. The molecule has 0 atom stereocenters. The van der Waals surface area contributed by atoms with Crippen molar-refractivity contribution in [2.45, 2.75) is 13.3 Å². The molecule has 19 heavy (non-hydrogen) atoms. The number of benzene rings is 1. The summed E-state index contributed by atoms with van der Waals surface area (Å²) in [5.41, 5.74) is 9.05. The van der Waals surface area contributed by atoms with Crippen LogP contribution < -0.4 is 10.5 Å². The van der Waals surface area contributed by atoms with E-state index in [2.05, 4.69) is 20.9 Å². The summed E-state index contributed by atoms with van der Waals surface area (Å²) in [6.45, 7) is 2.54. The van der Waals surface area contributed by atoms with E-state index in [1.807, 2.05) is 24.6 Å². The van der Waals surface area contributed by atoms with Crippen LogP contribution in [0, 0.1) is 12.3 Å². The number of nitrogens with zero attached hydrogens (tertiary/aromatic N) is 1. The normalized spacial score (nSPS) is 10.4. The standard InChI is InChI=1S/C13H14BrN3OS/c1-8-12(19-7-17-8)4-5-18-11-3-2-9(14)6-10(11)13(15)16/h2-3,6-7H,4-5H2,1H3,(H3,15,16). The van der Waals surface area contributed by atoms with E-state index in [0.29, 0.717) is 17.9 Å². The zero-order valence-corrected chi connectivity index (χ0v) is 12.8. The Balaban J connectivity index is 2.03. The van der Waals surface area contributed by atoms with Crippen molar-refractivity contribution in [3.63, 3.8) is 0 Å². The number of nitrogens with two attached hydrogens (primary N) is 1. The van der Waals surface area contributed by atoms with Gasteiger partial charge in [0, 0.05) is 15.8 Å². The van der Waals surface area contributed by atoms with E-state index >= 15 is 0 Å². The van der Waals surface area contributed by atoms with Crippen molar-refractivity contribution in [3.8, 4) is 5.75 Å². The van der Waals surface area contributed by atoms with Crippen molar-refractivity contribution >= 4 is 33.1 Å². The Bertz CT molecular complexity index is 597. The number of halogens is 1. The van der Waals surface area contributed by atoms with Gasteiger partial charge < -0.3 is 10.5 Å². The average Bonchev–Trinajstić information content (AvgIpc) is 2.77. The van der Waals surface area contributed by atoms with Gasteiger partial charge in [0.1, 0.15) is 11.6 Å². The van der Waals surface area contributed by atoms with Gasteiger partial charge in [-0.3, -0.25) is 5.41 Å². The van der Waals surface area contributed by atoms with Crippen molar-refractivity contribution in [2.75, 3.05) is 6.61 Å². The highest BCUT2D eigenvalue weighted by atomic mass is 79.9. The molecule has 1 heterocycles.